The summed E-state index contributed by atoms with van der Waals surface area (Å²) >= 11 is 0. The molecule has 0 saturated carbocycles. The quantitative estimate of drug-likeness (QED) is 0.811. The molecule has 0 N–H and O–H groups in total. The second-order valence-electron chi connectivity index (χ2n) is 6.14. The first-order valence-corrected chi connectivity index (χ1v) is 9.29. The van der Waals surface area contributed by atoms with Crippen LogP contribution in [0.1, 0.15) is 24.3 Å². The van der Waals surface area contributed by atoms with Gasteiger partial charge in [-0.15, -0.1) is 0 Å². The summed E-state index contributed by atoms with van der Waals surface area (Å²) in [5, 5.41) is 0. The molecule has 1 unspecified atom stereocenters. The first kappa shape index (κ1) is 16.8. The Hall–Kier alpha value is -2.07. The molecular weight excluding hydrogens is 318 g/mol. The summed E-state index contributed by atoms with van der Waals surface area (Å²) in [5.74, 6) is 1.06. The lowest BCUT2D eigenvalue weighted by atomic mass is 9.98. The fourth-order valence-electron chi connectivity index (χ4n) is 3.16. The Labute approximate surface area is 146 Å². The Bertz CT molecular complexity index is 765. The molecule has 0 saturated heterocycles. The second-order valence-corrected chi connectivity index (χ2v) is 7.59. The van der Waals surface area contributed by atoms with Crippen LogP contribution in [0.3, 0.4) is 0 Å². The summed E-state index contributed by atoms with van der Waals surface area (Å²) in [5.41, 5.74) is 2.22. The van der Waals surface area contributed by atoms with E-state index in [4.69, 9.17) is 4.74 Å². The maximum Gasteiger partial charge on any atom is 0.118 e. The Balaban J connectivity index is 1.92. The van der Waals surface area contributed by atoms with E-state index >= 15 is 0 Å². The average molecular weight is 341 g/mol. The third kappa shape index (κ3) is 3.24. The van der Waals surface area contributed by atoms with Gasteiger partial charge in [0.25, 0.3) is 0 Å². The number of hydrogen-bond donors (Lipinski definition) is 0. The monoisotopic (exact) mass is 341 g/mol. The van der Waals surface area contributed by atoms with Crippen LogP contribution in [0.15, 0.2) is 64.4 Å². The van der Waals surface area contributed by atoms with Gasteiger partial charge in [0.15, 0.2) is 0 Å². The van der Waals surface area contributed by atoms with Crippen molar-refractivity contribution in [3.05, 3.63) is 65.1 Å². The minimum atomic E-state index is -1.14. The first-order chi connectivity index (χ1) is 11.6. The van der Waals surface area contributed by atoms with Gasteiger partial charge in [0, 0.05) is 24.9 Å². The fraction of sp³-hybridized carbons (Fsp3) is 0.300. The normalized spacial score (nSPS) is 18.1. The van der Waals surface area contributed by atoms with Crippen molar-refractivity contribution < 1.29 is 8.95 Å². The third-order valence-corrected chi connectivity index (χ3v) is 6.05. The van der Waals surface area contributed by atoms with Crippen molar-refractivity contribution in [2.45, 2.75) is 23.7 Å². The number of benzene rings is 2. The number of anilines is 1. The minimum absolute atomic E-state index is 0.215. The molecule has 24 heavy (non-hydrogen) atoms. The van der Waals surface area contributed by atoms with Gasteiger partial charge >= 0.3 is 0 Å². The third-order valence-electron chi connectivity index (χ3n) is 4.42. The zero-order valence-corrected chi connectivity index (χ0v) is 15.2. The topological polar surface area (TPSA) is 29.5 Å². The molecule has 0 radical (unpaired) electrons. The highest BCUT2D eigenvalue weighted by atomic mass is 32.2. The van der Waals surface area contributed by atoms with Gasteiger partial charge in [-0.3, -0.25) is 0 Å². The summed E-state index contributed by atoms with van der Waals surface area (Å²) in [4.78, 5) is 3.93. The molecule has 0 aliphatic heterocycles. The molecule has 3 rings (SSSR count). The number of allylic oxidation sites excluding steroid dienone is 2. The van der Waals surface area contributed by atoms with Crippen LogP contribution < -0.4 is 9.64 Å². The molecule has 0 aromatic heterocycles. The van der Waals surface area contributed by atoms with Crippen molar-refractivity contribution in [1.29, 1.82) is 0 Å². The van der Waals surface area contributed by atoms with Crippen LogP contribution in [-0.2, 0) is 10.8 Å². The standard InChI is InChI=1S/C20H23NO2S/c1-21(2)18-8-4-5-9-20(18)24(22)19-10-6-7-17(19)15-11-13-16(23-3)14-12-15/h4-5,8-14,17H,6-7H2,1-3H3/t17-,24?/m0/s1. The van der Waals surface area contributed by atoms with Crippen LogP contribution >= 0.6 is 0 Å². The lowest BCUT2D eigenvalue weighted by molar-refractivity contribution is 0.414. The minimum Gasteiger partial charge on any atom is -0.497 e. The SMILES string of the molecule is COc1ccc([C@@H]2CCC=C2S(=O)c2ccccc2N(C)C)cc1. The van der Waals surface area contributed by atoms with Crippen LogP contribution in [0.4, 0.5) is 5.69 Å². The van der Waals surface area contributed by atoms with Gasteiger partial charge in [-0.1, -0.05) is 30.3 Å². The van der Waals surface area contributed by atoms with E-state index in [0.717, 1.165) is 34.1 Å². The van der Waals surface area contributed by atoms with E-state index in [9.17, 15) is 4.21 Å². The molecule has 2 atom stereocenters. The fourth-order valence-corrected chi connectivity index (χ4v) is 4.84. The lowest BCUT2D eigenvalue weighted by Gasteiger charge is -2.20. The van der Waals surface area contributed by atoms with E-state index in [1.54, 1.807) is 7.11 Å². The van der Waals surface area contributed by atoms with E-state index in [2.05, 4.69) is 18.2 Å². The molecule has 3 nitrogen and oxygen atoms in total. The molecule has 2 aromatic rings. The van der Waals surface area contributed by atoms with Gasteiger partial charge in [0.05, 0.1) is 28.5 Å². The Morgan fingerprint density at radius 3 is 2.46 bits per heavy atom. The molecule has 126 valence electrons. The van der Waals surface area contributed by atoms with Crippen molar-refractivity contribution in [3.8, 4) is 5.75 Å². The highest BCUT2D eigenvalue weighted by molar-refractivity contribution is 7.89. The highest BCUT2D eigenvalue weighted by Crippen LogP contribution is 2.40. The van der Waals surface area contributed by atoms with Gasteiger partial charge in [0.2, 0.25) is 0 Å². The first-order valence-electron chi connectivity index (χ1n) is 8.14. The van der Waals surface area contributed by atoms with Crippen molar-refractivity contribution in [3.63, 3.8) is 0 Å². The number of nitrogens with zero attached hydrogens (tertiary/aromatic N) is 1. The van der Waals surface area contributed by atoms with E-state index in [1.807, 2.05) is 55.4 Å². The number of ether oxygens (including phenoxy) is 1. The van der Waals surface area contributed by atoms with Crippen LogP contribution in [-0.4, -0.2) is 25.4 Å². The van der Waals surface area contributed by atoms with Gasteiger partial charge in [-0.05, 0) is 42.7 Å². The maximum absolute atomic E-state index is 13.3. The van der Waals surface area contributed by atoms with Crippen molar-refractivity contribution in [1.82, 2.24) is 0 Å². The van der Waals surface area contributed by atoms with Crippen molar-refractivity contribution in [2.24, 2.45) is 0 Å². The summed E-state index contributed by atoms with van der Waals surface area (Å²) in [7, 11) is 4.50. The predicted molar refractivity (Wildman–Crippen MR) is 100 cm³/mol. The summed E-state index contributed by atoms with van der Waals surface area (Å²) < 4.78 is 18.5. The number of rotatable bonds is 5. The van der Waals surface area contributed by atoms with E-state index < -0.39 is 10.8 Å². The number of para-hydroxylation sites is 1. The Morgan fingerprint density at radius 2 is 1.79 bits per heavy atom. The molecular formula is C20H23NO2S. The Kier molecular flexibility index (Phi) is 5.05. The lowest BCUT2D eigenvalue weighted by Crippen LogP contribution is -2.13. The molecule has 2 aromatic carbocycles. The van der Waals surface area contributed by atoms with Crippen LogP contribution in [0.25, 0.3) is 0 Å². The van der Waals surface area contributed by atoms with Crippen molar-refractivity contribution >= 4 is 16.5 Å². The molecule has 0 bridgehead atoms. The van der Waals surface area contributed by atoms with Crippen LogP contribution in [0.5, 0.6) is 5.75 Å². The van der Waals surface area contributed by atoms with Gasteiger partial charge in [0.1, 0.15) is 5.75 Å². The zero-order valence-electron chi connectivity index (χ0n) is 14.4. The van der Waals surface area contributed by atoms with Gasteiger partial charge < -0.3 is 9.64 Å². The van der Waals surface area contributed by atoms with E-state index in [0.29, 0.717) is 0 Å². The average Bonchev–Trinajstić information content (AvgIpc) is 3.10. The zero-order chi connectivity index (χ0) is 17.1. The molecule has 0 amide bonds. The highest BCUT2D eigenvalue weighted by Gasteiger charge is 2.27. The molecule has 0 fully saturated rings. The summed E-state index contributed by atoms with van der Waals surface area (Å²) in [6.45, 7) is 0. The summed E-state index contributed by atoms with van der Waals surface area (Å²) in [6, 6.07) is 16.0. The molecule has 1 aliphatic rings. The second kappa shape index (κ2) is 7.22. The Morgan fingerprint density at radius 1 is 1.08 bits per heavy atom. The molecule has 0 heterocycles. The van der Waals surface area contributed by atoms with Crippen LogP contribution in [0, 0.1) is 0 Å². The molecule has 4 heteroatoms. The summed E-state index contributed by atoms with van der Waals surface area (Å²) in [6.07, 6.45) is 4.14. The smallest absolute Gasteiger partial charge is 0.118 e. The van der Waals surface area contributed by atoms with Crippen molar-refractivity contribution in [2.75, 3.05) is 26.1 Å². The number of methoxy groups -OCH3 is 1. The number of hydrogen-bond acceptors (Lipinski definition) is 3. The van der Waals surface area contributed by atoms with E-state index in [1.165, 1.54) is 5.56 Å². The largest absolute Gasteiger partial charge is 0.497 e. The van der Waals surface area contributed by atoms with Gasteiger partial charge in [-0.2, -0.15) is 0 Å². The van der Waals surface area contributed by atoms with Crippen LogP contribution in [0.2, 0.25) is 0 Å². The molecule has 0 spiro atoms. The van der Waals surface area contributed by atoms with Gasteiger partial charge in [-0.25, -0.2) is 4.21 Å². The molecule has 1 aliphatic carbocycles. The maximum atomic E-state index is 13.3. The predicted octanol–water partition coefficient (Wildman–Crippen LogP) is 4.33. The van der Waals surface area contributed by atoms with E-state index in [-0.39, 0.29) is 5.92 Å².